The third-order valence-electron chi connectivity index (χ3n) is 6.74. The number of rotatable bonds is 8. The highest BCUT2D eigenvalue weighted by Gasteiger charge is 2.27. The van der Waals surface area contributed by atoms with Gasteiger partial charge in [-0.05, 0) is 30.3 Å². The SMILES string of the molecule is CC(C)C(=O)N(CCN1CCOCC1)CC(=O)N1CCN(c2ccc(-c3ccc(Cl)cc3Cl)nn2)CC1. The first kappa shape index (κ1) is 27.6. The van der Waals surface area contributed by atoms with Crippen LogP contribution in [0.25, 0.3) is 11.3 Å². The zero-order chi connectivity index (χ0) is 26.4. The first-order chi connectivity index (χ1) is 17.8. The minimum absolute atomic E-state index is 0.0106. The van der Waals surface area contributed by atoms with Crippen LogP contribution in [-0.4, -0.2) is 109 Å². The average Bonchev–Trinajstić information content (AvgIpc) is 2.91. The zero-order valence-corrected chi connectivity index (χ0v) is 22.9. The molecule has 2 aromatic rings. The van der Waals surface area contributed by atoms with Gasteiger partial charge >= 0.3 is 0 Å². The van der Waals surface area contributed by atoms with E-state index in [1.165, 1.54) is 0 Å². The number of hydrogen-bond acceptors (Lipinski definition) is 7. The monoisotopic (exact) mass is 548 g/mol. The summed E-state index contributed by atoms with van der Waals surface area (Å²) in [7, 11) is 0. The largest absolute Gasteiger partial charge is 0.379 e. The highest BCUT2D eigenvalue weighted by molar-refractivity contribution is 6.36. The number of carbonyl (C=O) groups excluding carboxylic acids is 2. The van der Waals surface area contributed by atoms with Crippen LogP contribution in [0.3, 0.4) is 0 Å². The first-order valence-corrected chi connectivity index (χ1v) is 13.5. The molecule has 0 spiro atoms. The number of anilines is 1. The van der Waals surface area contributed by atoms with Crippen LogP contribution >= 0.6 is 23.2 Å². The van der Waals surface area contributed by atoms with Crippen molar-refractivity contribution >= 4 is 40.8 Å². The van der Waals surface area contributed by atoms with E-state index in [1.54, 1.807) is 17.0 Å². The Morgan fingerprint density at radius 3 is 2.35 bits per heavy atom. The number of amides is 2. The molecule has 200 valence electrons. The lowest BCUT2D eigenvalue weighted by atomic mass is 10.1. The minimum Gasteiger partial charge on any atom is -0.379 e. The molecule has 0 aliphatic carbocycles. The summed E-state index contributed by atoms with van der Waals surface area (Å²) >= 11 is 12.3. The molecule has 0 bridgehead atoms. The number of piperazine rings is 1. The van der Waals surface area contributed by atoms with Crippen molar-refractivity contribution in [2.24, 2.45) is 5.92 Å². The third-order valence-corrected chi connectivity index (χ3v) is 7.28. The summed E-state index contributed by atoms with van der Waals surface area (Å²) in [5, 5.41) is 9.83. The molecule has 9 nitrogen and oxygen atoms in total. The average molecular weight is 550 g/mol. The number of aromatic nitrogens is 2. The van der Waals surface area contributed by atoms with Crippen molar-refractivity contribution in [1.82, 2.24) is 24.9 Å². The third kappa shape index (κ3) is 7.31. The van der Waals surface area contributed by atoms with Gasteiger partial charge in [-0.2, -0.15) is 0 Å². The molecule has 11 heteroatoms. The van der Waals surface area contributed by atoms with Gasteiger partial charge in [-0.1, -0.05) is 37.0 Å². The van der Waals surface area contributed by atoms with E-state index in [1.807, 2.05) is 36.9 Å². The Hall–Kier alpha value is -2.46. The number of benzene rings is 1. The van der Waals surface area contributed by atoms with Gasteiger partial charge in [0, 0.05) is 68.9 Å². The van der Waals surface area contributed by atoms with E-state index >= 15 is 0 Å². The molecule has 0 unspecified atom stereocenters. The summed E-state index contributed by atoms with van der Waals surface area (Å²) in [6.07, 6.45) is 0. The van der Waals surface area contributed by atoms with E-state index in [-0.39, 0.29) is 24.3 Å². The number of carbonyl (C=O) groups is 2. The minimum atomic E-state index is -0.154. The zero-order valence-electron chi connectivity index (χ0n) is 21.4. The molecule has 2 fully saturated rings. The van der Waals surface area contributed by atoms with Gasteiger partial charge in [-0.3, -0.25) is 14.5 Å². The molecule has 37 heavy (non-hydrogen) atoms. The molecule has 3 heterocycles. The lowest BCUT2D eigenvalue weighted by Crippen LogP contribution is -2.53. The Bertz CT molecular complexity index is 1070. The van der Waals surface area contributed by atoms with Gasteiger partial charge < -0.3 is 19.4 Å². The van der Waals surface area contributed by atoms with E-state index in [0.29, 0.717) is 61.7 Å². The second-order valence-corrected chi connectivity index (χ2v) is 10.5. The Labute approximate surface area is 228 Å². The highest BCUT2D eigenvalue weighted by atomic mass is 35.5. The molecule has 0 radical (unpaired) electrons. The van der Waals surface area contributed by atoms with Crippen molar-refractivity contribution in [2.45, 2.75) is 13.8 Å². The summed E-state index contributed by atoms with van der Waals surface area (Å²) in [6.45, 7) is 10.7. The molecular formula is C26H34Cl2N6O3. The van der Waals surface area contributed by atoms with Gasteiger partial charge in [0.25, 0.3) is 0 Å². The Balaban J connectivity index is 1.31. The highest BCUT2D eigenvalue weighted by Crippen LogP contribution is 2.29. The smallest absolute Gasteiger partial charge is 0.242 e. The summed E-state index contributed by atoms with van der Waals surface area (Å²) in [4.78, 5) is 33.9. The maximum atomic E-state index is 13.1. The van der Waals surface area contributed by atoms with Crippen molar-refractivity contribution in [3.63, 3.8) is 0 Å². The van der Waals surface area contributed by atoms with Crippen molar-refractivity contribution in [3.05, 3.63) is 40.4 Å². The van der Waals surface area contributed by atoms with Crippen molar-refractivity contribution in [1.29, 1.82) is 0 Å². The number of morpholine rings is 1. The lowest BCUT2D eigenvalue weighted by Gasteiger charge is -2.37. The number of hydrogen-bond donors (Lipinski definition) is 0. The van der Waals surface area contributed by atoms with E-state index < -0.39 is 0 Å². The van der Waals surface area contributed by atoms with Gasteiger partial charge in [-0.25, -0.2) is 0 Å². The van der Waals surface area contributed by atoms with Crippen LogP contribution in [0.15, 0.2) is 30.3 Å². The topological polar surface area (TPSA) is 82.1 Å². The molecule has 0 saturated carbocycles. The van der Waals surface area contributed by atoms with Crippen LogP contribution in [0.4, 0.5) is 5.82 Å². The molecule has 2 amide bonds. The van der Waals surface area contributed by atoms with Gasteiger partial charge in [0.2, 0.25) is 11.8 Å². The Kier molecular flexibility index (Phi) is 9.59. The standard InChI is InChI=1S/C26H34Cl2N6O3/c1-19(2)26(36)34(8-7-31-13-15-37-16-14-31)18-25(35)33-11-9-32(10-12-33)24-6-5-23(29-30-24)21-4-3-20(27)17-22(21)28/h3-6,17,19H,7-16,18H2,1-2H3. The maximum absolute atomic E-state index is 13.1. The van der Waals surface area contributed by atoms with E-state index in [0.717, 1.165) is 31.0 Å². The molecular weight excluding hydrogens is 515 g/mol. The van der Waals surface area contributed by atoms with Gasteiger partial charge in [0.1, 0.15) is 0 Å². The van der Waals surface area contributed by atoms with E-state index in [9.17, 15) is 9.59 Å². The first-order valence-electron chi connectivity index (χ1n) is 12.7. The van der Waals surface area contributed by atoms with E-state index in [4.69, 9.17) is 27.9 Å². The molecule has 2 saturated heterocycles. The number of ether oxygens (including phenoxy) is 1. The van der Waals surface area contributed by atoms with Crippen LogP contribution < -0.4 is 4.90 Å². The fourth-order valence-corrected chi connectivity index (χ4v) is 5.01. The summed E-state index contributed by atoms with van der Waals surface area (Å²) in [6, 6.07) is 9.08. The molecule has 0 N–H and O–H groups in total. The van der Waals surface area contributed by atoms with Gasteiger partial charge in [-0.15, -0.1) is 10.2 Å². The molecule has 1 aromatic carbocycles. The molecule has 0 atom stereocenters. The maximum Gasteiger partial charge on any atom is 0.242 e. The van der Waals surface area contributed by atoms with Gasteiger partial charge in [0.05, 0.1) is 30.5 Å². The second-order valence-electron chi connectivity index (χ2n) is 9.64. The molecule has 2 aliphatic rings. The Morgan fingerprint density at radius 2 is 1.73 bits per heavy atom. The molecule has 2 aliphatic heterocycles. The quantitative estimate of drug-likeness (QED) is 0.501. The van der Waals surface area contributed by atoms with E-state index in [2.05, 4.69) is 20.0 Å². The van der Waals surface area contributed by atoms with Gasteiger partial charge in [0.15, 0.2) is 5.82 Å². The lowest BCUT2D eigenvalue weighted by molar-refractivity contribution is -0.142. The predicted molar refractivity (Wildman–Crippen MR) is 145 cm³/mol. The van der Waals surface area contributed by atoms with Crippen LogP contribution in [0, 0.1) is 5.92 Å². The van der Waals surface area contributed by atoms with Crippen LogP contribution in [-0.2, 0) is 14.3 Å². The van der Waals surface area contributed by atoms with Crippen LogP contribution in [0.5, 0.6) is 0 Å². The fraction of sp³-hybridized carbons (Fsp3) is 0.538. The normalized spacial score (nSPS) is 16.8. The van der Waals surface area contributed by atoms with Crippen LogP contribution in [0.1, 0.15) is 13.8 Å². The molecule has 4 rings (SSSR count). The van der Waals surface area contributed by atoms with Crippen molar-refractivity contribution in [3.8, 4) is 11.3 Å². The summed E-state index contributed by atoms with van der Waals surface area (Å²) in [5.74, 6) is 0.590. The second kappa shape index (κ2) is 12.9. The summed E-state index contributed by atoms with van der Waals surface area (Å²) in [5.41, 5.74) is 1.45. The van der Waals surface area contributed by atoms with Crippen molar-refractivity contribution in [2.75, 3.05) is 77.0 Å². The number of nitrogens with zero attached hydrogens (tertiary/aromatic N) is 6. The molecule has 1 aromatic heterocycles. The summed E-state index contributed by atoms with van der Waals surface area (Å²) < 4.78 is 5.41. The number of halogens is 2. The van der Waals surface area contributed by atoms with Crippen molar-refractivity contribution < 1.29 is 14.3 Å². The predicted octanol–water partition coefficient (Wildman–Crippen LogP) is 2.92. The fourth-order valence-electron chi connectivity index (χ4n) is 4.50. The van der Waals surface area contributed by atoms with Crippen LogP contribution in [0.2, 0.25) is 10.0 Å². The Morgan fingerprint density at radius 1 is 1.00 bits per heavy atom.